The van der Waals surface area contributed by atoms with Gasteiger partial charge in [-0.15, -0.1) is 11.8 Å². The molecule has 1 saturated heterocycles. The molecule has 0 aromatic heterocycles. The van der Waals surface area contributed by atoms with Gasteiger partial charge in [0.25, 0.3) is 5.91 Å². The van der Waals surface area contributed by atoms with Crippen LogP contribution in [-0.2, 0) is 22.8 Å². The van der Waals surface area contributed by atoms with Crippen molar-refractivity contribution in [3.05, 3.63) is 95.6 Å². The average Bonchev–Trinajstić information content (AvgIpc) is 3.41. The van der Waals surface area contributed by atoms with Crippen molar-refractivity contribution in [2.45, 2.75) is 18.0 Å². The predicted molar refractivity (Wildman–Crippen MR) is 130 cm³/mol. The van der Waals surface area contributed by atoms with Crippen LogP contribution in [0.3, 0.4) is 0 Å². The molecule has 33 heavy (non-hydrogen) atoms. The van der Waals surface area contributed by atoms with Crippen LogP contribution in [0.5, 0.6) is 5.75 Å². The molecule has 0 radical (unpaired) electrons. The van der Waals surface area contributed by atoms with Crippen molar-refractivity contribution < 1.29 is 14.3 Å². The van der Waals surface area contributed by atoms with Gasteiger partial charge < -0.3 is 15.0 Å². The molecule has 168 valence electrons. The first kappa shape index (κ1) is 21.4. The van der Waals surface area contributed by atoms with Crippen LogP contribution in [0.2, 0.25) is 0 Å². The fourth-order valence-electron chi connectivity index (χ4n) is 4.55. The molecule has 1 atom stereocenters. The van der Waals surface area contributed by atoms with Gasteiger partial charge in [-0.2, -0.15) is 0 Å². The Morgan fingerprint density at radius 3 is 2.61 bits per heavy atom. The van der Waals surface area contributed by atoms with E-state index in [1.54, 1.807) is 16.9 Å². The number of benzene rings is 3. The van der Waals surface area contributed by atoms with Gasteiger partial charge in [-0.25, -0.2) is 4.79 Å². The minimum atomic E-state index is -1.05. The fourth-order valence-corrected chi connectivity index (χ4v) is 6.01. The molecular weight excluding hydrogens is 434 g/mol. The molecule has 2 heterocycles. The van der Waals surface area contributed by atoms with E-state index >= 15 is 0 Å². The van der Waals surface area contributed by atoms with Crippen molar-refractivity contribution in [2.24, 2.45) is 0 Å². The highest BCUT2D eigenvalue weighted by molar-refractivity contribution is 8.01. The number of thioether (sulfide) groups is 1. The zero-order valence-electron chi connectivity index (χ0n) is 18.4. The topological polar surface area (TPSA) is 61.9 Å². The van der Waals surface area contributed by atoms with Crippen LogP contribution in [0.15, 0.2) is 78.9 Å². The summed E-state index contributed by atoms with van der Waals surface area (Å²) in [7, 11) is 1.63. The predicted octanol–water partition coefficient (Wildman–Crippen LogP) is 4.35. The Labute approximate surface area is 197 Å². The maximum absolute atomic E-state index is 14.0. The molecule has 3 amide bonds. The number of urea groups is 1. The van der Waals surface area contributed by atoms with Crippen molar-refractivity contribution in [2.75, 3.05) is 24.3 Å². The number of fused-ring (bicyclic) bond motifs is 2. The second kappa shape index (κ2) is 8.83. The lowest BCUT2D eigenvalue weighted by molar-refractivity contribution is -0.123. The van der Waals surface area contributed by atoms with E-state index in [1.165, 1.54) is 11.8 Å². The van der Waals surface area contributed by atoms with Crippen molar-refractivity contribution >= 4 is 29.4 Å². The van der Waals surface area contributed by atoms with Crippen LogP contribution in [0.1, 0.15) is 16.7 Å². The Hall–Kier alpha value is -3.45. The molecule has 2 aliphatic heterocycles. The molecule has 1 N–H and O–H groups in total. The third-order valence-electron chi connectivity index (χ3n) is 6.11. The largest absolute Gasteiger partial charge is 0.497 e. The van der Waals surface area contributed by atoms with Crippen LogP contribution in [0, 0.1) is 0 Å². The van der Waals surface area contributed by atoms with E-state index in [4.69, 9.17) is 4.74 Å². The minimum absolute atomic E-state index is 0.0797. The third-order valence-corrected chi connectivity index (χ3v) is 7.53. The van der Waals surface area contributed by atoms with Gasteiger partial charge in [0.2, 0.25) is 0 Å². The highest BCUT2D eigenvalue weighted by Gasteiger charge is 2.59. The normalized spacial score (nSPS) is 19.1. The lowest BCUT2D eigenvalue weighted by Crippen LogP contribution is -2.53. The summed E-state index contributed by atoms with van der Waals surface area (Å²) in [6.45, 7) is 1.34. The summed E-state index contributed by atoms with van der Waals surface area (Å²) in [5.74, 6) is 1.37. The van der Waals surface area contributed by atoms with E-state index < -0.39 is 4.87 Å². The number of carbonyl (C=O) groups excluding carboxylic acids is 2. The molecule has 1 fully saturated rings. The zero-order chi connectivity index (χ0) is 22.8. The number of amides is 3. The summed E-state index contributed by atoms with van der Waals surface area (Å²) in [4.78, 5) is 29.7. The second-order valence-electron chi connectivity index (χ2n) is 8.05. The number of nitrogens with zero attached hydrogens (tertiary/aromatic N) is 2. The van der Waals surface area contributed by atoms with E-state index in [1.807, 2.05) is 78.9 Å². The Morgan fingerprint density at radius 1 is 1.03 bits per heavy atom. The van der Waals surface area contributed by atoms with Crippen LogP contribution in [-0.4, -0.2) is 36.2 Å². The van der Waals surface area contributed by atoms with Crippen LogP contribution in [0.4, 0.5) is 10.5 Å². The van der Waals surface area contributed by atoms with E-state index in [0.717, 1.165) is 28.1 Å². The van der Waals surface area contributed by atoms with Gasteiger partial charge in [-0.3, -0.25) is 9.69 Å². The molecule has 1 unspecified atom stereocenters. The number of nitrogens with one attached hydrogen (secondary N) is 1. The van der Waals surface area contributed by atoms with E-state index in [-0.39, 0.29) is 11.9 Å². The Morgan fingerprint density at radius 2 is 1.79 bits per heavy atom. The third kappa shape index (κ3) is 3.72. The number of anilines is 1. The van der Waals surface area contributed by atoms with Crippen molar-refractivity contribution in [1.82, 2.24) is 10.2 Å². The molecule has 2 aliphatic rings. The number of hydrogen-bond donors (Lipinski definition) is 1. The van der Waals surface area contributed by atoms with Gasteiger partial charge in [0.1, 0.15) is 5.75 Å². The molecule has 0 aliphatic carbocycles. The van der Waals surface area contributed by atoms with Gasteiger partial charge in [0, 0.05) is 24.4 Å². The van der Waals surface area contributed by atoms with Crippen molar-refractivity contribution in [1.29, 1.82) is 0 Å². The molecule has 0 saturated carbocycles. The maximum atomic E-state index is 14.0. The number of para-hydroxylation sites is 1. The number of rotatable bonds is 5. The smallest absolute Gasteiger partial charge is 0.319 e. The molecule has 3 aromatic carbocycles. The maximum Gasteiger partial charge on any atom is 0.319 e. The standard InChI is InChI=1S/C26H25N3O3S/c1-32-21-11-7-10-20(16-21)18-28-23-13-6-5-12-22(23)26(24(28)30)29(14-15-33-26)25(31)27-17-19-8-3-2-4-9-19/h2-13,16H,14-15,17-18H2,1H3,(H,27,31). The van der Waals surface area contributed by atoms with E-state index in [0.29, 0.717) is 25.4 Å². The molecule has 6 nitrogen and oxygen atoms in total. The van der Waals surface area contributed by atoms with Gasteiger partial charge >= 0.3 is 6.03 Å². The Balaban J connectivity index is 1.45. The summed E-state index contributed by atoms with van der Waals surface area (Å²) in [6.07, 6.45) is 0. The van der Waals surface area contributed by atoms with Gasteiger partial charge in [0.05, 0.1) is 19.3 Å². The lowest BCUT2D eigenvalue weighted by atomic mass is 10.1. The number of hydrogen-bond acceptors (Lipinski definition) is 4. The number of methoxy groups -OCH3 is 1. The first-order valence-corrected chi connectivity index (χ1v) is 11.9. The molecule has 3 aromatic rings. The van der Waals surface area contributed by atoms with Gasteiger partial charge in [0.15, 0.2) is 4.87 Å². The van der Waals surface area contributed by atoms with E-state index in [2.05, 4.69) is 5.32 Å². The highest BCUT2D eigenvalue weighted by atomic mass is 32.2. The van der Waals surface area contributed by atoms with Crippen LogP contribution >= 0.6 is 11.8 Å². The number of ether oxygens (including phenoxy) is 1. The van der Waals surface area contributed by atoms with Crippen molar-refractivity contribution in [3.63, 3.8) is 0 Å². The van der Waals surface area contributed by atoms with Gasteiger partial charge in [-0.1, -0.05) is 60.7 Å². The summed E-state index contributed by atoms with van der Waals surface area (Å²) in [5.41, 5.74) is 3.71. The van der Waals surface area contributed by atoms with E-state index in [9.17, 15) is 9.59 Å². The molecule has 1 spiro atoms. The quantitative estimate of drug-likeness (QED) is 0.616. The molecular formula is C26H25N3O3S. The van der Waals surface area contributed by atoms with Crippen molar-refractivity contribution in [3.8, 4) is 5.75 Å². The summed E-state index contributed by atoms with van der Waals surface area (Å²) in [6, 6.07) is 25.1. The monoisotopic (exact) mass is 459 g/mol. The fraction of sp³-hybridized carbons (Fsp3) is 0.231. The van der Waals surface area contributed by atoms with Crippen LogP contribution < -0.4 is 15.0 Å². The Kier molecular flexibility index (Phi) is 5.72. The average molecular weight is 460 g/mol. The summed E-state index contributed by atoms with van der Waals surface area (Å²) < 4.78 is 5.35. The minimum Gasteiger partial charge on any atom is -0.497 e. The zero-order valence-corrected chi connectivity index (χ0v) is 19.2. The summed E-state index contributed by atoms with van der Waals surface area (Å²) >= 11 is 1.53. The molecule has 5 rings (SSSR count). The SMILES string of the molecule is COc1cccc(CN2C(=O)C3(SCCN3C(=O)NCc3ccccc3)c3ccccc32)c1. The number of carbonyl (C=O) groups is 2. The highest BCUT2D eigenvalue weighted by Crippen LogP contribution is 2.54. The Bertz CT molecular complexity index is 1190. The van der Waals surface area contributed by atoms with Gasteiger partial charge in [-0.05, 0) is 29.3 Å². The van der Waals surface area contributed by atoms with Crippen LogP contribution in [0.25, 0.3) is 0 Å². The first-order chi connectivity index (χ1) is 16.1. The molecule has 0 bridgehead atoms. The first-order valence-electron chi connectivity index (χ1n) is 10.9. The second-order valence-corrected chi connectivity index (χ2v) is 9.34. The lowest BCUT2D eigenvalue weighted by Gasteiger charge is -2.33. The molecule has 7 heteroatoms. The summed E-state index contributed by atoms with van der Waals surface area (Å²) in [5, 5.41) is 3.01.